The maximum atomic E-state index is 11.7. The van der Waals surface area contributed by atoms with Crippen LogP contribution in [0, 0.1) is 5.92 Å². The fourth-order valence-electron chi connectivity index (χ4n) is 1.83. The molecule has 0 aromatic heterocycles. The SMILES string of the molecule is COc1ccc(CC(=O)CCC2CC2)cc1. The zero-order chi connectivity index (χ0) is 11.4. The third-order valence-electron chi connectivity index (χ3n) is 3.09. The molecule has 1 aromatic carbocycles. The second-order valence-electron chi connectivity index (χ2n) is 4.55. The monoisotopic (exact) mass is 218 g/mol. The molecule has 0 N–H and O–H groups in total. The van der Waals surface area contributed by atoms with Crippen molar-refractivity contribution in [1.29, 1.82) is 0 Å². The van der Waals surface area contributed by atoms with Gasteiger partial charge < -0.3 is 4.74 Å². The highest BCUT2D eigenvalue weighted by Crippen LogP contribution is 2.33. The van der Waals surface area contributed by atoms with Crippen LogP contribution in [0.5, 0.6) is 5.75 Å². The molecule has 0 atom stereocenters. The van der Waals surface area contributed by atoms with E-state index < -0.39 is 0 Å². The summed E-state index contributed by atoms with van der Waals surface area (Å²) >= 11 is 0. The number of ketones is 1. The fourth-order valence-corrected chi connectivity index (χ4v) is 1.83. The molecule has 2 nitrogen and oxygen atoms in total. The third kappa shape index (κ3) is 3.37. The number of ether oxygens (including phenoxy) is 1. The van der Waals surface area contributed by atoms with Gasteiger partial charge in [-0.15, -0.1) is 0 Å². The Morgan fingerprint density at radius 3 is 2.56 bits per heavy atom. The number of rotatable bonds is 6. The van der Waals surface area contributed by atoms with Gasteiger partial charge >= 0.3 is 0 Å². The molecule has 0 radical (unpaired) electrons. The predicted octanol–water partition coefficient (Wildman–Crippen LogP) is 3.00. The molecule has 1 saturated carbocycles. The van der Waals surface area contributed by atoms with Crippen LogP contribution in [0.25, 0.3) is 0 Å². The van der Waals surface area contributed by atoms with Crippen LogP contribution in [0.15, 0.2) is 24.3 Å². The molecule has 1 fully saturated rings. The fraction of sp³-hybridized carbons (Fsp3) is 0.500. The Bertz CT molecular complexity index is 350. The van der Waals surface area contributed by atoms with Gasteiger partial charge in [0, 0.05) is 12.8 Å². The highest BCUT2D eigenvalue weighted by atomic mass is 16.5. The molecule has 0 spiro atoms. The summed E-state index contributed by atoms with van der Waals surface area (Å²) < 4.78 is 5.08. The zero-order valence-corrected chi connectivity index (χ0v) is 9.74. The molecule has 16 heavy (non-hydrogen) atoms. The van der Waals surface area contributed by atoms with Crippen LogP contribution in [-0.2, 0) is 11.2 Å². The molecule has 0 heterocycles. The molecule has 2 rings (SSSR count). The van der Waals surface area contributed by atoms with Crippen LogP contribution in [0.1, 0.15) is 31.2 Å². The van der Waals surface area contributed by atoms with Crippen molar-refractivity contribution in [3.63, 3.8) is 0 Å². The van der Waals surface area contributed by atoms with E-state index in [9.17, 15) is 4.79 Å². The molecule has 0 saturated heterocycles. The second-order valence-corrected chi connectivity index (χ2v) is 4.55. The predicted molar refractivity (Wildman–Crippen MR) is 63.7 cm³/mol. The van der Waals surface area contributed by atoms with Crippen LogP contribution in [0.4, 0.5) is 0 Å². The van der Waals surface area contributed by atoms with Crippen molar-refractivity contribution >= 4 is 5.78 Å². The Balaban J connectivity index is 1.79. The Kier molecular flexibility index (Phi) is 3.60. The number of hydrogen-bond donors (Lipinski definition) is 0. The van der Waals surface area contributed by atoms with Crippen molar-refractivity contribution in [2.24, 2.45) is 5.92 Å². The topological polar surface area (TPSA) is 26.3 Å². The minimum absolute atomic E-state index is 0.358. The molecule has 0 unspecified atom stereocenters. The lowest BCUT2D eigenvalue weighted by atomic mass is 10.0. The first-order valence-corrected chi connectivity index (χ1v) is 5.92. The number of carbonyl (C=O) groups is 1. The summed E-state index contributed by atoms with van der Waals surface area (Å²) in [7, 11) is 1.65. The van der Waals surface area contributed by atoms with Gasteiger partial charge in [-0.3, -0.25) is 4.79 Å². The average molecular weight is 218 g/mol. The van der Waals surface area contributed by atoms with E-state index in [1.165, 1.54) is 12.8 Å². The van der Waals surface area contributed by atoms with E-state index in [4.69, 9.17) is 4.74 Å². The number of methoxy groups -OCH3 is 1. The largest absolute Gasteiger partial charge is 0.497 e. The summed E-state index contributed by atoms with van der Waals surface area (Å²) in [5.41, 5.74) is 1.08. The lowest BCUT2D eigenvalue weighted by Crippen LogP contribution is -2.02. The smallest absolute Gasteiger partial charge is 0.137 e. The van der Waals surface area contributed by atoms with E-state index >= 15 is 0 Å². The van der Waals surface area contributed by atoms with Gasteiger partial charge in [0.1, 0.15) is 11.5 Å². The molecule has 1 aliphatic carbocycles. The Morgan fingerprint density at radius 2 is 2.00 bits per heavy atom. The summed E-state index contributed by atoms with van der Waals surface area (Å²) in [5, 5.41) is 0. The molecule has 0 amide bonds. The highest BCUT2D eigenvalue weighted by Gasteiger charge is 2.21. The van der Waals surface area contributed by atoms with E-state index in [2.05, 4.69) is 0 Å². The Morgan fingerprint density at radius 1 is 1.31 bits per heavy atom. The highest BCUT2D eigenvalue weighted by molar-refractivity contribution is 5.80. The van der Waals surface area contributed by atoms with Crippen molar-refractivity contribution in [2.45, 2.75) is 32.1 Å². The van der Waals surface area contributed by atoms with Gasteiger partial charge in [-0.25, -0.2) is 0 Å². The van der Waals surface area contributed by atoms with Crippen LogP contribution in [0.3, 0.4) is 0 Å². The summed E-state index contributed by atoms with van der Waals surface area (Å²) in [6.45, 7) is 0. The minimum Gasteiger partial charge on any atom is -0.497 e. The van der Waals surface area contributed by atoms with E-state index in [1.807, 2.05) is 24.3 Å². The van der Waals surface area contributed by atoms with Gasteiger partial charge in [-0.05, 0) is 30.0 Å². The maximum Gasteiger partial charge on any atom is 0.137 e. The normalized spacial score (nSPS) is 14.8. The first-order chi connectivity index (χ1) is 7.78. The lowest BCUT2D eigenvalue weighted by Gasteiger charge is -2.03. The van der Waals surface area contributed by atoms with Crippen molar-refractivity contribution in [2.75, 3.05) is 7.11 Å². The summed E-state index contributed by atoms with van der Waals surface area (Å²) in [5.74, 6) is 2.05. The van der Waals surface area contributed by atoms with Crippen LogP contribution >= 0.6 is 0 Å². The van der Waals surface area contributed by atoms with Gasteiger partial charge in [0.05, 0.1) is 7.11 Å². The molecular formula is C14H18O2. The molecule has 0 bridgehead atoms. The standard InChI is InChI=1S/C14H18O2/c1-16-14-8-5-12(6-9-14)10-13(15)7-4-11-2-3-11/h5-6,8-9,11H,2-4,7,10H2,1H3. The van der Waals surface area contributed by atoms with Crippen molar-refractivity contribution < 1.29 is 9.53 Å². The van der Waals surface area contributed by atoms with E-state index in [0.29, 0.717) is 12.2 Å². The van der Waals surface area contributed by atoms with E-state index in [-0.39, 0.29) is 0 Å². The molecule has 1 aromatic rings. The summed E-state index contributed by atoms with van der Waals surface area (Å²) in [6.07, 6.45) is 5.06. The molecule has 1 aliphatic rings. The number of benzene rings is 1. The van der Waals surface area contributed by atoms with Crippen LogP contribution in [0.2, 0.25) is 0 Å². The van der Waals surface area contributed by atoms with Gasteiger partial charge in [0.25, 0.3) is 0 Å². The maximum absolute atomic E-state index is 11.7. The summed E-state index contributed by atoms with van der Waals surface area (Å²) in [6, 6.07) is 7.74. The number of hydrogen-bond acceptors (Lipinski definition) is 2. The summed E-state index contributed by atoms with van der Waals surface area (Å²) in [4.78, 5) is 11.7. The lowest BCUT2D eigenvalue weighted by molar-refractivity contribution is -0.118. The van der Waals surface area contributed by atoms with Gasteiger partial charge in [-0.2, -0.15) is 0 Å². The first kappa shape index (κ1) is 11.2. The third-order valence-corrected chi connectivity index (χ3v) is 3.09. The number of Topliss-reactive ketones (excluding diaryl/α,β-unsaturated/α-hetero) is 1. The van der Waals surface area contributed by atoms with Crippen molar-refractivity contribution in [3.8, 4) is 5.75 Å². The average Bonchev–Trinajstić information content (AvgIpc) is 3.11. The van der Waals surface area contributed by atoms with E-state index in [1.54, 1.807) is 7.11 Å². The molecule has 0 aliphatic heterocycles. The zero-order valence-electron chi connectivity index (χ0n) is 9.74. The van der Waals surface area contributed by atoms with Crippen molar-refractivity contribution in [1.82, 2.24) is 0 Å². The minimum atomic E-state index is 0.358. The molecule has 2 heteroatoms. The van der Waals surface area contributed by atoms with Crippen LogP contribution < -0.4 is 4.74 Å². The Labute approximate surface area is 96.6 Å². The molecular weight excluding hydrogens is 200 g/mol. The van der Waals surface area contributed by atoms with Crippen molar-refractivity contribution in [3.05, 3.63) is 29.8 Å². The van der Waals surface area contributed by atoms with Gasteiger partial charge in [-0.1, -0.05) is 25.0 Å². The first-order valence-electron chi connectivity index (χ1n) is 5.92. The quantitative estimate of drug-likeness (QED) is 0.733. The number of carbonyl (C=O) groups excluding carboxylic acids is 1. The van der Waals surface area contributed by atoms with Gasteiger partial charge in [0.15, 0.2) is 0 Å². The van der Waals surface area contributed by atoms with E-state index in [0.717, 1.165) is 30.1 Å². The van der Waals surface area contributed by atoms with Gasteiger partial charge in [0.2, 0.25) is 0 Å². The second kappa shape index (κ2) is 5.15. The van der Waals surface area contributed by atoms with Crippen LogP contribution in [-0.4, -0.2) is 12.9 Å². The Hall–Kier alpha value is -1.31. The molecule has 86 valence electrons.